The monoisotopic (exact) mass is 180 g/mol. The maximum Gasteiger partial charge on any atom is -0.0355 e. The molecule has 0 N–H and O–H groups in total. The van der Waals surface area contributed by atoms with Crippen molar-refractivity contribution in [1.82, 2.24) is 0 Å². The molecule has 0 amide bonds. The van der Waals surface area contributed by atoms with Crippen LogP contribution in [0.3, 0.4) is 0 Å². The number of fused-ring (bicyclic) bond motifs is 1. The van der Waals surface area contributed by atoms with Crippen LogP contribution >= 0.6 is 0 Å². The van der Waals surface area contributed by atoms with Gasteiger partial charge in [-0.25, -0.2) is 0 Å². The first kappa shape index (κ1) is 9.55. The topological polar surface area (TPSA) is 0 Å². The molecule has 2 aliphatic carbocycles. The van der Waals surface area contributed by atoms with E-state index in [1.165, 1.54) is 25.7 Å². The van der Waals surface area contributed by atoms with E-state index in [2.05, 4.69) is 13.8 Å². The second kappa shape index (κ2) is 4.02. The van der Waals surface area contributed by atoms with Crippen molar-refractivity contribution >= 4 is 0 Å². The fourth-order valence-corrected chi connectivity index (χ4v) is 3.98. The van der Waals surface area contributed by atoms with Crippen LogP contribution in [0.1, 0.15) is 58.8 Å². The van der Waals surface area contributed by atoms with Crippen LogP contribution in [0.2, 0.25) is 0 Å². The smallest absolute Gasteiger partial charge is 0.0355 e. The number of hydrogen-bond donors (Lipinski definition) is 0. The summed E-state index contributed by atoms with van der Waals surface area (Å²) in [6.07, 6.45) is 10.6. The molecule has 2 aliphatic rings. The Kier molecular flexibility index (Phi) is 2.96. The summed E-state index contributed by atoms with van der Waals surface area (Å²) in [5.41, 5.74) is 0. The van der Waals surface area contributed by atoms with Crippen LogP contribution in [0.15, 0.2) is 0 Å². The van der Waals surface area contributed by atoms with Crippen LogP contribution in [0.4, 0.5) is 0 Å². The molecule has 0 aromatic carbocycles. The Morgan fingerprint density at radius 1 is 1.00 bits per heavy atom. The van der Waals surface area contributed by atoms with E-state index < -0.39 is 0 Å². The minimum absolute atomic E-state index is 1.02. The molecule has 13 heavy (non-hydrogen) atoms. The van der Waals surface area contributed by atoms with Crippen molar-refractivity contribution < 1.29 is 0 Å². The largest absolute Gasteiger partial charge is 0.0651 e. The van der Waals surface area contributed by atoms with Crippen molar-refractivity contribution in [1.29, 1.82) is 0 Å². The summed E-state index contributed by atoms with van der Waals surface area (Å²) >= 11 is 0. The SMILES string of the molecule is CCC1C(C)CCC2CCCCC21. The van der Waals surface area contributed by atoms with Crippen molar-refractivity contribution in [3.05, 3.63) is 0 Å². The third-order valence-corrected chi connectivity index (χ3v) is 4.71. The van der Waals surface area contributed by atoms with Gasteiger partial charge in [0.15, 0.2) is 0 Å². The van der Waals surface area contributed by atoms with Crippen molar-refractivity contribution in [3.8, 4) is 0 Å². The van der Waals surface area contributed by atoms with Gasteiger partial charge in [0, 0.05) is 0 Å². The lowest BCUT2D eigenvalue weighted by atomic mass is 9.61. The Bertz CT molecular complexity index is 161. The van der Waals surface area contributed by atoms with E-state index in [1.807, 2.05) is 0 Å². The van der Waals surface area contributed by atoms with E-state index in [1.54, 1.807) is 19.3 Å². The average Bonchev–Trinajstić information content (AvgIpc) is 2.18. The van der Waals surface area contributed by atoms with Crippen LogP contribution in [-0.2, 0) is 0 Å². The number of hydrogen-bond acceptors (Lipinski definition) is 0. The third-order valence-electron chi connectivity index (χ3n) is 4.71. The molecule has 0 aliphatic heterocycles. The molecule has 0 spiro atoms. The molecular formula is C13H24. The highest BCUT2D eigenvalue weighted by molar-refractivity contribution is 4.87. The molecule has 0 aromatic heterocycles. The zero-order chi connectivity index (χ0) is 9.26. The molecule has 76 valence electrons. The van der Waals surface area contributed by atoms with Gasteiger partial charge in [0.05, 0.1) is 0 Å². The predicted molar refractivity (Wildman–Crippen MR) is 57.6 cm³/mol. The van der Waals surface area contributed by atoms with Crippen LogP contribution in [-0.4, -0.2) is 0 Å². The van der Waals surface area contributed by atoms with Crippen molar-refractivity contribution in [2.75, 3.05) is 0 Å². The van der Waals surface area contributed by atoms with Gasteiger partial charge in [0.25, 0.3) is 0 Å². The fraction of sp³-hybridized carbons (Fsp3) is 1.00. The second-order valence-corrected chi connectivity index (χ2v) is 5.34. The van der Waals surface area contributed by atoms with E-state index in [4.69, 9.17) is 0 Å². The van der Waals surface area contributed by atoms with Crippen LogP contribution < -0.4 is 0 Å². The van der Waals surface area contributed by atoms with Crippen molar-refractivity contribution in [3.63, 3.8) is 0 Å². The molecule has 0 saturated heterocycles. The zero-order valence-electron chi connectivity index (χ0n) is 9.26. The summed E-state index contributed by atoms with van der Waals surface area (Å²) in [6, 6.07) is 0. The minimum atomic E-state index is 1.02. The Morgan fingerprint density at radius 2 is 1.77 bits per heavy atom. The van der Waals surface area contributed by atoms with Crippen LogP contribution in [0, 0.1) is 23.7 Å². The summed E-state index contributed by atoms with van der Waals surface area (Å²) in [5.74, 6) is 4.32. The summed E-state index contributed by atoms with van der Waals surface area (Å²) in [4.78, 5) is 0. The molecule has 2 fully saturated rings. The van der Waals surface area contributed by atoms with Gasteiger partial charge in [-0.15, -0.1) is 0 Å². The van der Waals surface area contributed by atoms with Gasteiger partial charge in [-0.05, 0) is 36.5 Å². The van der Waals surface area contributed by atoms with Crippen molar-refractivity contribution in [2.24, 2.45) is 23.7 Å². The molecule has 4 unspecified atom stereocenters. The molecule has 0 aromatic rings. The molecule has 0 radical (unpaired) electrons. The lowest BCUT2D eigenvalue weighted by Gasteiger charge is -2.44. The molecule has 0 nitrogen and oxygen atoms in total. The summed E-state index contributed by atoms with van der Waals surface area (Å²) < 4.78 is 0. The molecule has 0 heterocycles. The molecule has 4 atom stereocenters. The quantitative estimate of drug-likeness (QED) is 0.566. The minimum Gasteiger partial charge on any atom is -0.0651 e. The van der Waals surface area contributed by atoms with Gasteiger partial charge in [0.2, 0.25) is 0 Å². The van der Waals surface area contributed by atoms with E-state index >= 15 is 0 Å². The first-order valence-electron chi connectivity index (χ1n) is 6.33. The van der Waals surface area contributed by atoms with Crippen LogP contribution in [0.5, 0.6) is 0 Å². The second-order valence-electron chi connectivity index (χ2n) is 5.34. The first-order chi connectivity index (χ1) is 6.33. The lowest BCUT2D eigenvalue weighted by Crippen LogP contribution is -2.35. The standard InChI is InChI=1S/C13H24/c1-3-12-10(2)8-9-11-6-4-5-7-13(11)12/h10-13H,3-9H2,1-2H3. The van der Waals surface area contributed by atoms with E-state index in [-0.39, 0.29) is 0 Å². The van der Waals surface area contributed by atoms with Gasteiger partial charge in [-0.3, -0.25) is 0 Å². The van der Waals surface area contributed by atoms with Gasteiger partial charge in [0.1, 0.15) is 0 Å². The normalized spacial score (nSPS) is 45.7. The van der Waals surface area contributed by atoms with Gasteiger partial charge in [-0.1, -0.05) is 46.0 Å². The predicted octanol–water partition coefficient (Wildman–Crippen LogP) is 4.25. The summed E-state index contributed by atoms with van der Waals surface area (Å²) in [7, 11) is 0. The Morgan fingerprint density at radius 3 is 2.54 bits per heavy atom. The maximum absolute atomic E-state index is 2.49. The maximum atomic E-state index is 2.49. The highest BCUT2D eigenvalue weighted by Crippen LogP contribution is 2.47. The zero-order valence-corrected chi connectivity index (χ0v) is 9.26. The molecule has 0 bridgehead atoms. The Labute approximate surface area is 83.1 Å². The number of rotatable bonds is 1. The Balaban J connectivity index is 2.04. The van der Waals surface area contributed by atoms with E-state index in [9.17, 15) is 0 Å². The van der Waals surface area contributed by atoms with Gasteiger partial charge < -0.3 is 0 Å². The summed E-state index contributed by atoms with van der Waals surface area (Å²) in [5, 5.41) is 0. The van der Waals surface area contributed by atoms with Crippen LogP contribution in [0.25, 0.3) is 0 Å². The highest BCUT2D eigenvalue weighted by atomic mass is 14.4. The van der Waals surface area contributed by atoms with E-state index in [0.29, 0.717) is 0 Å². The molecule has 0 heteroatoms. The average molecular weight is 180 g/mol. The first-order valence-corrected chi connectivity index (χ1v) is 6.33. The molecular weight excluding hydrogens is 156 g/mol. The molecule has 2 saturated carbocycles. The van der Waals surface area contributed by atoms with Crippen molar-refractivity contribution in [2.45, 2.75) is 58.8 Å². The van der Waals surface area contributed by atoms with E-state index in [0.717, 1.165) is 23.7 Å². The highest BCUT2D eigenvalue weighted by Gasteiger charge is 2.37. The lowest BCUT2D eigenvalue weighted by molar-refractivity contribution is 0.0596. The van der Waals surface area contributed by atoms with Gasteiger partial charge >= 0.3 is 0 Å². The van der Waals surface area contributed by atoms with Gasteiger partial charge in [-0.2, -0.15) is 0 Å². The Hall–Kier alpha value is 0. The summed E-state index contributed by atoms with van der Waals surface area (Å²) in [6.45, 7) is 4.89. The fourth-order valence-electron chi connectivity index (χ4n) is 3.98. The molecule has 2 rings (SSSR count). The third kappa shape index (κ3) is 1.78.